The Hall–Kier alpha value is -3.35. The Morgan fingerprint density at radius 3 is 2.67 bits per heavy atom. The lowest BCUT2D eigenvalue weighted by atomic mass is 9.60. The van der Waals surface area contributed by atoms with Gasteiger partial charge in [0.25, 0.3) is 0 Å². The fourth-order valence-corrected chi connectivity index (χ4v) is 6.54. The lowest BCUT2D eigenvalue weighted by molar-refractivity contribution is -0.137. The van der Waals surface area contributed by atoms with E-state index in [1.54, 1.807) is 13.2 Å². The van der Waals surface area contributed by atoms with E-state index >= 15 is 0 Å². The summed E-state index contributed by atoms with van der Waals surface area (Å²) in [5, 5.41) is 6.63. The zero-order valence-electron chi connectivity index (χ0n) is 21.7. The van der Waals surface area contributed by atoms with Crippen LogP contribution in [-0.2, 0) is 19.0 Å². The standard InChI is InChI=1S/C27H30F3N7OS/c1-17-3-5-21(6-4-17)37-23-12-19-8-10-36(39-24(14-31)35(2)32)16-26(19,13-18(23)15-34-37)25(38)22-11-20(7-9-33-22)27(28,29)30/h3-7,9,11,14-15,19H,8,10,12-13,16,31-32H2,1-2H3/b24-14+. The van der Waals surface area contributed by atoms with E-state index in [4.69, 9.17) is 11.6 Å². The second kappa shape index (κ2) is 10.3. The maximum Gasteiger partial charge on any atom is 0.416 e. The minimum Gasteiger partial charge on any atom is -0.402 e. The molecule has 1 aliphatic heterocycles. The molecule has 1 saturated heterocycles. The van der Waals surface area contributed by atoms with E-state index < -0.39 is 22.9 Å². The molecule has 0 bridgehead atoms. The number of piperidine rings is 1. The summed E-state index contributed by atoms with van der Waals surface area (Å²) in [5.74, 6) is 5.40. The Balaban J connectivity index is 1.56. The third kappa shape index (κ3) is 5.15. The molecule has 2 aliphatic rings. The molecule has 3 heterocycles. The van der Waals surface area contributed by atoms with Gasteiger partial charge >= 0.3 is 6.18 Å². The van der Waals surface area contributed by atoms with Crippen LogP contribution in [0.1, 0.15) is 39.3 Å². The van der Waals surface area contributed by atoms with Gasteiger partial charge in [-0.25, -0.2) is 14.8 Å². The molecule has 5 rings (SSSR count). The molecule has 0 saturated carbocycles. The number of hydrazine groups is 1. The smallest absolute Gasteiger partial charge is 0.402 e. The number of fused-ring (bicyclic) bond motifs is 2. The normalized spacial score (nSPS) is 21.8. The fraction of sp³-hybridized carbons (Fsp3) is 0.370. The molecule has 0 radical (unpaired) electrons. The Bertz CT molecular complexity index is 1400. The molecule has 3 aromatic rings. The van der Waals surface area contributed by atoms with Gasteiger partial charge in [0.15, 0.2) is 5.78 Å². The monoisotopic (exact) mass is 557 g/mol. The van der Waals surface area contributed by atoms with Crippen molar-refractivity contribution in [3.63, 3.8) is 0 Å². The number of nitrogens with two attached hydrogens (primary N) is 2. The first kappa shape index (κ1) is 27.2. The number of aromatic nitrogens is 3. The van der Waals surface area contributed by atoms with Gasteiger partial charge in [-0.1, -0.05) is 17.7 Å². The number of nitrogens with zero attached hydrogens (tertiary/aromatic N) is 5. The molecule has 2 atom stereocenters. The van der Waals surface area contributed by atoms with Crippen LogP contribution < -0.4 is 11.6 Å². The van der Waals surface area contributed by atoms with E-state index in [2.05, 4.69) is 10.1 Å². The highest BCUT2D eigenvalue weighted by atomic mass is 32.2. The Kier molecular flexibility index (Phi) is 7.21. The number of rotatable bonds is 6. The van der Waals surface area contributed by atoms with Gasteiger partial charge in [0, 0.05) is 38.2 Å². The Morgan fingerprint density at radius 2 is 2.00 bits per heavy atom. The van der Waals surface area contributed by atoms with Crippen LogP contribution in [0.25, 0.3) is 5.69 Å². The summed E-state index contributed by atoms with van der Waals surface area (Å²) in [7, 11) is 1.66. The predicted molar refractivity (Wildman–Crippen MR) is 143 cm³/mol. The summed E-state index contributed by atoms with van der Waals surface area (Å²) in [6.45, 7) is 2.97. The third-order valence-electron chi connectivity index (χ3n) is 7.63. The van der Waals surface area contributed by atoms with Gasteiger partial charge in [-0.2, -0.15) is 18.3 Å². The average Bonchev–Trinajstić information content (AvgIpc) is 3.31. The first-order valence-corrected chi connectivity index (χ1v) is 13.3. The summed E-state index contributed by atoms with van der Waals surface area (Å²) >= 11 is 1.33. The summed E-state index contributed by atoms with van der Waals surface area (Å²) < 4.78 is 44.5. The highest BCUT2D eigenvalue weighted by Crippen LogP contribution is 2.49. The summed E-state index contributed by atoms with van der Waals surface area (Å²) in [6, 6.07) is 9.80. The summed E-state index contributed by atoms with van der Waals surface area (Å²) in [4.78, 5) is 18.3. The van der Waals surface area contributed by atoms with Gasteiger partial charge in [-0.05, 0) is 73.9 Å². The van der Waals surface area contributed by atoms with Crippen molar-refractivity contribution >= 4 is 17.7 Å². The van der Waals surface area contributed by atoms with E-state index in [-0.39, 0.29) is 11.6 Å². The van der Waals surface area contributed by atoms with Crippen LogP contribution in [0.15, 0.2) is 60.0 Å². The second-order valence-corrected chi connectivity index (χ2v) is 11.3. The molecule has 4 N–H and O–H groups in total. The van der Waals surface area contributed by atoms with Crippen molar-refractivity contribution in [1.82, 2.24) is 24.1 Å². The van der Waals surface area contributed by atoms with E-state index in [0.717, 1.165) is 40.8 Å². The van der Waals surface area contributed by atoms with Crippen molar-refractivity contribution in [2.24, 2.45) is 22.9 Å². The van der Waals surface area contributed by atoms with E-state index in [0.29, 0.717) is 37.4 Å². The zero-order chi connectivity index (χ0) is 27.9. The van der Waals surface area contributed by atoms with Crippen LogP contribution in [-0.4, -0.2) is 50.0 Å². The van der Waals surface area contributed by atoms with Gasteiger partial charge in [0.05, 0.1) is 22.9 Å². The van der Waals surface area contributed by atoms with E-state index in [9.17, 15) is 18.0 Å². The van der Waals surface area contributed by atoms with Crippen molar-refractivity contribution in [2.75, 3.05) is 20.1 Å². The zero-order valence-corrected chi connectivity index (χ0v) is 22.5. The van der Waals surface area contributed by atoms with Crippen LogP contribution >= 0.6 is 11.9 Å². The molecule has 8 nitrogen and oxygen atoms in total. The van der Waals surface area contributed by atoms with Crippen LogP contribution in [0.4, 0.5) is 13.2 Å². The number of carbonyl (C=O) groups excluding carboxylic acids is 1. The van der Waals surface area contributed by atoms with Crippen molar-refractivity contribution in [3.8, 4) is 5.69 Å². The molecule has 206 valence electrons. The van der Waals surface area contributed by atoms with Crippen molar-refractivity contribution in [2.45, 2.75) is 32.4 Å². The topological polar surface area (TPSA) is 106 Å². The molecular formula is C27H30F3N7OS. The maximum absolute atomic E-state index is 14.2. The molecular weight excluding hydrogens is 527 g/mol. The minimum atomic E-state index is -4.58. The fourth-order valence-electron chi connectivity index (χ4n) is 5.60. The number of aryl methyl sites for hydroxylation is 1. The van der Waals surface area contributed by atoms with Crippen LogP contribution in [0.5, 0.6) is 0 Å². The molecule has 0 amide bonds. The van der Waals surface area contributed by atoms with E-state index in [1.165, 1.54) is 23.2 Å². The number of benzene rings is 1. The molecule has 1 aromatic carbocycles. The summed E-state index contributed by atoms with van der Waals surface area (Å²) in [6.07, 6.45) is 1.21. The van der Waals surface area contributed by atoms with Gasteiger partial charge in [0.1, 0.15) is 10.7 Å². The number of hydrogen-bond acceptors (Lipinski definition) is 8. The largest absolute Gasteiger partial charge is 0.416 e. The van der Waals surface area contributed by atoms with Gasteiger partial charge in [-0.15, -0.1) is 0 Å². The molecule has 2 unspecified atom stereocenters. The third-order valence-corrected chi connectivity index (χ3v) is 8.81. The minimum absolute atomic E-state index is 0.118. The van der Waals surface area contributed by atoms with Crippen LogP contribution in [0.2, 0.25) is 0 Å². The number of hydrogen-bond donors (Lipinski definition) is 2. The number of halogens is 3. The quantitative estimate of drug-likeness (QED) is 0.202. The van der Waals surface area contributed by atoms with Gasteiger partial charge < -0.3 is 10.7 Å². The van der Waals surface area contributed by atoms with Gasteiger partial charge in [0.2, 0.25) is 0 Å². The van der Waals surface area contributed by atoms with Gasteiger partial charge in [-0.3, -0.25) is 9.78 Å². The Labute approximate surface area is 229 Å². The molecule has 39 heavy (non-hydrogen) atoms. The van der Waals surface area contributed by atoms with Crippen LogP contribution in [0, 0.1) is 18.3 Å². The number of ketones is 1. The lowest BCUT2D eigenvalue weighted by Gasteiger charge is -2.49. The molecule has 2 aromatic heterocycles. The molecule has 12 heteroatoms. The first-order valence-electron chi connectivity index (χ1n) is 12.6. The number of pyridine rings is 1. The number of carbonyl (C=O) groups is 1. The average molecular weight is 558 g/mol. The highest BCUT2D eigenvalue weighted by molar-refractivity contribution is 8.00. The second-order valence-electron chi connectivity index (χ2n) is 10.2. The van der Waals surface area contributed by atoms with Crippen molar-refractivity contribution in [1.29, 1.82) is 0 Å². The van der Waals surface area contributed by atoms with Crippen LogP contribution in [0.3, 0.4) is 0 Å². The SMILES string of the molecule is Cc1ccc(-n2ncc3c2CC2CCN(S/C(=C/N)N(C)N)CC2(C(=O)c2cc(C(F)(F)F)ccn2)C3)cc1. The number of Topliss-reactive ketones (excluding diaryl/α,β-unsaturated/α-hetero) is 1. The summed E-state index contributed by atoms with van der Waals surface area (Å²) in [5.41, 5.74) is 7.70. The van der Waals surface area contributed by atoms with E-state index in [1.807, 2.05) is 40.2 Å². The maximum atomic E-state index is 14.2. The molecule has 0 spiro atoms. The predicted octanol–water partition coefficient (Wildman–Crippen LogP) is 4.10. The van der Waals surface area contributed by atoms with Crippen molar-refractivity contribution < 1.29 is 18.0 Å². The Morgan fingerprint density at radius 1 is 1.26 bits per heavy atom. The number of alkyl halides is 3. The lowest BCUT2D eigenvalue weighted by Crippen LogP contribution is -2.55. The highest BCUT2D eigenvalue weighted by Gasteiger charge is 2.53. The first-order chi connectivity index (χ1) is 18.5. The van der Waals surface area contributed by atoms with Crippen molar-refractivity contribution in [3.05, 3.63) is 88.1 Å². The molecule has 1 fully saturated rings. The molecule has 1 aliphatic carbocycles.